The van der Waals surface area contributed by atoms with Crippen LogP contribution in [0.2, 0.25) is 5.02 Å². The second-order valence-electron chi connectivity index (χ2n) is 7.77. The van der Waals surface area contributed by atoms with Gasteiger partial charge in [-0.25, -0.2) is 0 Å². The summed E-state index contributed by atoms with van der Waals surface area (Å²) in [6.07, 6.45) is 0. The van der Waals surface area contributed by atoms with Gasteiger partial charge in [-0.1, -0.05) is 66.2 Å². The molecule has 0 aliphatic carbocycles. The molecule has 144 valence electrons. The van der Waals surface area contributed by atoms with E-state index < -0.39 is 0 Å². The van der Waals surface area contributed by atoms with Crippen LogP contribution in [-0.4, -0.2) is 30.1 Å². The van der Waals surface area contributed by atoms with Gasteiger partial charge in [0.1, 0.15) is 0 Å². The Morgan fingerprint density at radius 2 is 1.39 bits per heavy atom. The Hall–Kier alpha value is -2.29. The Morgan fingerprint density at radius 3 is 2.07 bits per heavy atom. The monoisotopic (exact) mass is 390 g/mol. The van der Waals surface area contributed by atoms with Crippen molar-refractivity contribution in [2.75, 3.05) is 18.0 Å². The van der Waals surface area contributed by atoms with E-state index in [0.717, 1.165) is 24.7 Å². The number of para-hydroxylation sites is 1. The molecule has 0 spiro atoms. The fraction of sp³-hybridized carbons (Fsp3) is 0.280. The zero-order valence-corrected chi connectivity index (χ0v) is 17.3. The molecule has 3 aromatic carbocycles. The number of benzene rings is 3. The lowest BCUT2D eigenvalue weighted by Gasteiger charge is -2.45. The van der Waals surface area contributed by atoms with E-state index in [0.29, 0.717) is 12.1 Å². The number of rotatable bonds is 4. The number of halogens is 1. The minimum absolute atomic E-state index is 0.488. The van der Waals surface area contributed by atoms with Crippen LogP contribution in [0.4, 0.5) is 5.69 Å². The maximum atomic E-state index is 6.08. The van der Waals surface area contributed by atoms with Crippen LogP contribution in [0.3, 0.4) is 0 Å². The van der Waals surface area contributed by atoms with Crippen LogP contribution in [-0.2, 0) is 6.54 Å². The van der Waals surface area contributed by atoms with Crippen molar-refractivity contribution >= 4 is 17.3 Å². The molecule has 1 fully saturated rings. The lowest BCUT2D eigenvalue weighted by atomic mass is 9.97. The molecule has 2 atom stereocenters. The van der Waals surface area contributed by atoms with Gasteiger partial charge in [0.25, 0.3) is 0 Å². The van der Waals surface area contributed by atoms with Crippen LogP contribution >= 0.6 is 11.6 Å². The predicted molar refractivity (Wildman–Crippen MR) is 120 cm³/mol. The third kappa shape index (κ3) is 4.09. The first-order valence-corrected chi connectivity index (χ1v) is 10.4. The topological polar surface area (TPSA) is 6.48 Å². The Morgan fingerprint density at radius 1 is 0.786 bits per heavy atom. The second kappa shape index (κ2) is 8.38. The van der Waals surface area contributed by atoms with Gasteiger partial charge in [0, 0.05) is 42.4 Å². The molecule has 4 rings (SSSR count). The summed E-state index contributed by atoms with van der Waals surface area (Å²) < 4.78 is 0. The van der Waals surface area contributed by atoms with Gasteiger partial charge in [-0.15, -0.1) is 0 Å². The summed E-state index contributed by atoms with van der Waals surface area (Å²) in [5.74, 6) is 0. The zero-order chi connectivity index (χ0) is 19.5. The number of hydrogen-bond donors (Lipinski definition) is 0. The summed E-state index contributed by atoms with van der Waals surface area (Å²) in [7, 11) is 0. The van der Waals surface area contributed by atoms with E-state index in [-0.39, 0.29) is 0 Å². The van der Waals surface area contributed by atoms with Crippen LogP contribution in [0.1, 0.15) is 19.4 Å². The van der Waals surface area contributed by atoms with Crippen molar-refractivity contribution in [2.45, 2.75) is 32.5 Å². The first kappa shape index (κ1) is 19.0. The maximum Gasteiger partial charge on any atom is 0.0406 e. The highest BCUT2D eigenvalue weighted by molar-refractivity contribution is 6.30. The molecule has 1 aliphatic rings. The van der Waals surface area contributed by atoms with Gasteiger partial charge in [0.2, 0.25) is 0 Å². The third-order valence-corrected chi connectivity index (χ3v) is 6.00. The zero-order valence-electron chi connectivity index (χ0n) is 16.6. The van der Waals surface area contributed by atoms with Gasteiger partial charge in [0.15, 0.2) is 0 Å². The molecule has 0 N–H and O–H groups in total. The number of anilines is 1. The standard InChI is InChI=1S/C25H27ClN2/c1-19-16-27(24-9-4-3-5-10-24)17-20(2)28(19)18-22-8-6-7-11-25(22)21-12-14-23(26)15-13-21/h3-15,19-20H,16-18H2,1-2H3/t19-,20+. The van der Waals surface area contributed by atoms with Gasteiger partial charge in [0.05, 0.1) is 0 Å². The molecule has 0 saturated carbocycles. The van der Waals surface area contributed by atoms with E-state index in [9.17, 15) is 0 Å². The van der Waals surface area contributed by atoms with E-state index in [2.05, 4.69) is 90.4 Å². The fourth-order valence-electron chi connectivity index (χ4n) is 4.28. The third-order valence-electron chi connectivity index (χ3n) is 5.75. The predicted octanol–water partition coefficient (Wildman–Crippen LogP) is 6.11. The van der Waals surface area contributed by atoms with Gasteiger partial charge in [-0.2, -0.15) is 0 Å². The van der Waals surface area contributed by atoms with Crippen LogP contribution < -0.4 is 4.90 Å². The Bertz CT molecular complexity index is 895. The van der Waals surface area contributed by atoms with Crippen molar-refractivity contribution in [3.05, 3.63) is 89.4 Å². The van der Waals surface area contributed by atoms with Crippen molar-refractivity contribution in [2.24, 2.45) is 0 Å². The summed E-state index contributed by atoms with van der Waals surface area (Å²) in [4.78, 5) is 5.14. The molecular formula is C25H27ClN2. The first-order chi connectivity index (χ1) is 13.6. The smallest absolute Gasteiger partial charge is 0.0406 e. The van der Waals surface area contributed by atoms with Crippen molar-refractivity contribution < 1.29 is 0 Å². The minimum atomic E-state index is 0.488. The SMILES string of the molecule is C[C@@H]1CN(c2ccccc2)C[C@H](C)N1Cc1ccccc1-c1ccc(Cl)cc1. The van der Waals surface area contributed by atoms with E-state index in [1.165, 1.54) is 22.4 Å². The quantitative estimate of drug-likeness (QED) is 0.530. The van der Waals surface area contributed by atoms with Crippen LogP contribution in [0.25, 0.3) is 11.1 Å². The summed E-state index contributed by atoms with van der Waals surface area (Å²) >= 11 is 6.08. The number of hydrogen-bond acceptors (Lipinski definition) is 2. The molecule has 0 bridgehead atoms. The molecule has 0 unspecified atom stereocenters. The van der Waals surface area contributed by atoms with Crippen molar-refractivity contribution in [1.29, 1.82) is 0 Å². The summed E-state index contributed by atoms with van der Waals surface area (Å²) in [6, 6.07) is 28.6. The number of nitrogens with zero attached hydrogens (tertiary/aromatic N) is 2. The maximum absolute atomic E-state index is 6.08. The molecule has 0 aromatic heterocycles. The van der Waals surface area contributed by atoms with E-state index in [1.54, 1.807) is 0 Å². The average Bonchev–Trinajstić information content (AvgIpc) is 2.72. The largest absolute Gasteiger partial charge is 0.368 e. The Kier molecular flexibility index (Phi) is 5.70. The fourth-order valence-corrected chi connectivity index (χ4v) is 4.41. The highest BCUT2D eigenvalue weighted by Gasteiger charge is 2.29. The summed E-state index contributed by atoms with van der Waals surface area (Å²) in [5.41, 5.74) is 5.21. The summed E-state index contributed by atoms with van der Waals surface area (Å²) in [6.45, 7) is 7.76. The molecule has 0 radical (unpaired) electrons. The molecule has 3 aromatic rings. The van der Waals surface area contributed by atoms with Crippen molar-refractivity contribution in [1.82, 2.24) is 4.90 Å². The van der Waals surface area contributed by atoms with Crippen LogP contribution in [0, 0.1) is 0 Å². The normalized spacial score (nSPS) is 20.3. The minimum Gasteiger partial charge on any atom is -0.368 e. The van der Waals surface area contributed by atoms with Crippen LogP contribution in [0.5, 0.6) is 0 Å². The molecule has 0 amide bonds. The molecule has 2 nitrogen and oxygen atoms in total. The van der Waals surface area contributed by atoms with E-state index >= 15 is 0 Å². The molecule has 1 heterocycles. The van der Waals surface area contributed by atoms with Gasteiger partial charge in [-0.3, -0.25) is 4.90 Å². The Balaban J connectivity index is 1.54. The molecule has 1 aliphatic heterocycles. The van der Waals surface area contributed by atoms with Gasteiger partial charge in [-0.05, 0) is 54.8 Å². The average molecular weight is 391 g/mol. The lowest BCUT2D eigenvalue weighted by molar-refractivity contribution is 0.123. The van der Waals surface area contributed by atoms with Gasteiger partial charge >= 0.3 is 0 Å². The van der Waals surface area contributed by atoms with Crippen molar-refractivity contribution in [3.63, 3.8) is 0 Å². The highest BCUT2D eigenvalue weighted by atomic mass is 35.5. The van der Waals surface area contributed by atoms with Gasteiger partial charge < -0.3 is 4.90 Å². The summed E-state index contributed by atoms with van der Waals surface area (Å²) in [5, 5.41) is 0.778. The molecular weight excluding hydrogens is 364 g/mol. The number of piperazine rings is 1. The van der Waals surface area contributed by atoms with Crippen molar-refractivity contribution in [3.8, 4) is 11.1 Å². The van der Waals surface area contributed by atoms with E-state index in [4.69, 9.17) is 11.6 Å². The van der Waals surface area contributed by atoms with Crippen LogP contribution in [0.15, 0.2) is 78.9 Å². The first-order valence-electron chi connectivity index (χ1n) is 10.0. The second-order valence-corrected chi connectivity index (χ2v) is 8.21. The lowest BCUT2D eigenvalue weighted by Crippen LogP contribution is -2.56. The Labute approximate surface area is 173 Å². The molecule has 3 heteroatoms. The molecule has 28 heavy (non-hydrogen) atoms. The molecule has 1 saturated heterocycles. The van der Waals surface area contributed by atoms with E-state index in [1.807, 2.05) is 12.1 Å². The highest BCUT2D eigenvalue weighted by Crippen LogP contribution is 2.29.